The number of aromatic nitrogens is 1. The van der Waals surface area contributed by atoms with Crippen molar-refractivity contribution in [2.24, 2.45) is 10.9 Å². The zero-order valence-corrected chi connectivity index (χ0v) is 10.0. The lowest BCUT2D eigenvalue weighted by molar-refractivity contribution is -0.137. The Labute approximate surface area is 107 Å². The van der Waals surface area contributed by atoms with Crippen LogP contribution in [0.1, 0.15) is 29.7 Å². The third-order valence-electron chi connectivity index (χ3n) is 3.52. The van der Waals surface area contributed by atoms with Gasteiger partial charge in [0.1, 0.15) is 0 Å². The van der Waals surface area contributed by atoms with E-state index in [0.717, 1.165) is 42.3 Å². The molecule has 100 valence electrons. The Hall–Kier alpha value is -1.98. The fourth-order valence-electron chi connectivity index (χ4n) is 2.62. The first-order valence-electron chi connectivity index (χ1n) is 5.99. The number of halogens is 3. The lowest BCUT2D eigenvalue weighted by atomic mass is 9.93. The molecule has 0 fully saturated rings. The van der Waals surface area contributed by atoms with E-state index in [2.05, 4.69) is 10.1 Å². The maximum atomic E-state index is 12.7. The van der Waals surface area contributed by atoms with Gasteiger partial charge in [0.25, 0.3) is 0 Å². The molecule has 0 spiro atoms. The summed E-state index contributed by atoms with van der Waals surface area (Å²) in [5, 5.41) is 4.33. The monoisotopic (exact) mass is 267 g/mol. The van der Waals surface area contributed by atoms with Crippen LogP contribution in [-0.4, -0.2) is 10.7 Å². The van der Waals surface area contributed by atoms with Crippen LogP contribution in [0.3, 0.4) is 0 Å². The number of nitrogens with two attached hydrogens (primary N) is 1. The lowest BCUT2D eigenvalue weighted by Gasteiger charge is -2.13. The summed E-state index contributed by atoms with van der Waals surface area (Å²) in [5.74, 6) is 5.33. The molecule has 19 heavy (non-hydrogen) atoms. The van der Waals surface area contributed by atoms with Gasteiger partial charge in [-0.1, -0.05) is 0 Å². The van der Waals surface area contributed by atoms with E-state index >= 15 is 0 Å². The van der Waals surface area contributed by atoms with E-state index in [-0.39, 0.29) is 0 Å². The molecule has 1 heterocycles. The summed E-state index contributed by atoms with van der Waals surface area (Å²) in [5.41, 5.74) is 2.46. The highest BCUT2D eigenvalue weighted by atomic mass is 19.4. The van der Waals surface area contributed by atoms with E-state index < -0.39 is 11.7 Å². The molecule has 1 aromatic carbocycles. The summed E-state index contributed by atoms with van der Waals surface area (Å²) in [6.07, 6.45) is -1.97. The molecular formula is C13H12F3N3. The van der Waals surface area contributed by atoms with Crippen LogP contribution in [-0.2, 0) is 12.6 Å². The molecular weight excluding hydrogens is 255 g/mol. The predicted octanol–water partition coefficient (Wildman–Crippen LogP) is 3.19. The van der Waals surface area contributed by atoms with Crippen LogP contribution in [0.2, 0.25) is 0 Å². The van der Waals surface area contributed by atoms with Crippen molar-refractivity contribution in [3.8, 4) is 0 Å². The van der Waals surface area contributed by atoms with Gasteiger partial charge in [-0.3, -0.25) is 0 Å². The average molecular weight is 267 g/mol. The third kappa shape index (κ3) is 1.87. The summed E-state index contributed by atoms with van der Waals surface area (Å²) in [6.45, 7) is 0. The minimum absolute atomic E-state index is 0.616. The van der Waals surface area contributed by atoms with Gasteiger partial charge in [-0.15, -0.1) is 0 Å². The normalized spacial score (nSPS) is 17.9. The Kier molecular flexibility index (Phi) is 2.55. The molecule has 0 amide bonds. The van der Waals surface area contributed by atoms with Gasteiger partial charge in [0, 0.05) is 10.9 Å². The molecule has 0 radical (unpaired) electrons. The van der Waals surface area contributed by atoms with Gasteiger partial charge < -0.3 is 10.8 Å². The van der Waals surface area contributed by atoms with Crippen LogP contribution in [0.15, 0.2) is 23.3 Å². The topological polar surface area (TPSA) is 54.2 Å². The molecule has 3 nitrogen and oxygen atoms in total. The minimum Gasteiger partial charge on any atom is -0.353 e. The number of nitrogens with zero attached hydrogens (tertiary/aromatic N) is 1. The molecule has 0 aliphatic heterocycles. The number of fused-ring (bicyclic) bond motifs is 3. The number of aryl methyl sites for hydroxylation is 1. The van der Waals surface area contributed by atoms with Gasteiger partial charge in [-0.05, 0) is 43.0 Å². The Morgan fingerprint density at radius 2 is 2.00 bits per heavy atom. The van der Waals surface area contributed by atoms with Crippen LogP contribution < -0.4 is 5.84 Å². The second-order valence-electron chi connectivity index (χ2n) is 4.67. The van der Waals surface area contributed by atoms with E-state index in [0.29, 0.717) is 10.9 Å². The van der Waals surface area contributed by atoms with Gasteiger partial charge >= 0.3 is 6.18 Å². The fourth-order valence-corrected chi connectivity index (χ4v) is 2.62. The zero-order valence-electron chi connectivity index (χ0n) is 10.0. The molecule has 1 aliphatic carbocycles. The molecule has 0 unspecified atom stereocenters. The van der Waals surface area contributed by atoms with Crippen molar-refractivity contribution in [2.75, 3.05) is 0 Å². The SMILES string of the molecule is N/N=C1/CCCc2c1[nH]c1ccc(C(F)(F)F)cc21. The molecule has 0 saturated heterocycles. The van der Waals surface area contributed by atoms with Gasteiger partial charge in [0.05, 0.1) is 17.0 Å². The zero-order chi connectivity index (χ0) is 13.6. The van der Waals surface area contributed by atoms with E-state index in [1.807, 2.05) is 0 Å². The molecule has 6 heteroatoms. The van der Waals surface area contributed by atoms with Gasteiger partial charge in [-0.25, -0.2) is 0 Å². The Morgan fingerprint density at radius 3 is 2.68 bits per heavy atom. The lowest BCUT2D eigenvalue weighted by Crippen LogP contribution is -2.13. The second-order valence-corrected chi connectivity index (χ2v) is 4.67. The highest BCUT2D eigenvalue weighted by Crippen LogP contribution is 2.35. The number of hydrazone groups is 1. The van der Waals surface area contributed by atoms with Gasteiger partial charge in [0.15, 0.2) is 0 Å². The number of H-pyrrole nitrogens is 1. The van der Waals surface area contributed by atoms with Crippen molar-refractivity contribution >= 4 is 16.6 Å². The van der Waals surface area contributed by atoms with Gasteiger partial charge in [-0.2, -0.15) is 18.3 Å². The summed E-state index contributed by atoms with van der Waals surface area (Å²) >= 11 is 0. The maximum Gasteiger partial charge on any atom is 0.416 e. The number of aromatic amines is 1. The summed E-state index contributed by atoms with van der Waals surface area (Å²) in [6, 6.07) is 3.75. The van der Waals surface area contributed by atoms with Crippen LogP contribution in [0.25, 0.3) is 10.9 Å². The second kappa shape index (κ2) is 4.01. The molecule has 1 aromatic heterocycles. The fraction of sp³-hybridized carbons (Fsp3) is 0.308. The van der Waals surface area contributed by atoms with Crippen molar-refractivity contribution in [2.45, 2.75) is 25.4 Å². The Balaban J connectivity index is 2.24. The number of hydrogen-bond donors (Lipinski definition) is 2. The van der Waals surface area contributed by atoms with Crippen LogP contribution >= 0.6 is 0 Å². The molecule has 3 N–H and O–H groups in total. The largest absolute Gasteiger partial charge is 0.416 e. The van der Waals surface area contributed by atoms with Gasteiger partial charge in [0.2, 0.25) is 0 Å². The molecule has 3 rings (SSSR count). The van der Waals surface area contributed by atoms with Crippen LogP contribution in [0.4, 0.5) is 13.2 Å². The van der Waals surface area contributed by atoms with Crippen molar-refractivity contribution in [1.29, 1.82) is 0 Å². The van der Waals surface area contributed by atoms with E-state index in [1.54, 1.807) is 0 Å². The number of nitrogens with one attached hydrogen (secondary N) is 1. The van der Waals surface area contributed by atoms with Crippen molar-refractivity contribution in [3.63, 3.8) is 0 Å². The maximum absolute atomic E-state index is 12.7. The molecule has 2 aromatic rings. The number of alkyl halides is 3. The first-order chi connectivity index (χ1) is 9.00. The first-order valence-corrected chi connectivity index (χ1v) is 5.99. The first kappa shape index (κ1) is 12.1. The smallest absolute Gasteiger partial charge is 0.353 e. The van der Waals surface area contributed by atoms with Crippen molar-refractivity contribution < 1.29 is 13.2 Å². The summed E-state index contributed by atoms with van der Waals surface area (Å²) in [7, 11) is 0. The Morgan fingerprint density at radius 1 is 1.21 bits per heavy atom. The van der Waals surface area contributed by atoms with E-state index in [9.17, 15) is 13.2 Å². The molecule has 0 saturated carbocycles. The molecule has 0 bridgehead atoms. The summed E-state index contributed by atoms with van der Waals surface area (Å²) in [4.78, 5) is 3.12. The molecule has 0 atom stereocenters. The van der Waals surface area contributed by atoms with Crippen LogP contribution in [0.5, 0.6) is 0 Å². The summed E-state index contributed by atoms with van der Waals surface area (Å²) < 4.78 is 38.2. The highest BCUT2D eigenvalue weighted by Gasteiger charge is 2.31. The standard InChI is InChI=1S/C13H12F3N3/c14-13(15,16)7-4-5-10-9(6-7)8-2-1-3-11(19-17)12(8)18-10/h4-6,18H,1-3,17H2/b19-11-. The average Bonchev–Trinajstić information content (AvgIpc) is 2.75. The quantitative estimate of drug-likeness (QED) is 0.559. The van der Waals surface area contributed by atoms with E-state index in [4.69, 9.17) is 5.84 Å². The number of hydrogen-bond acceptors (Lipinski definition) is 2. The third-order valence-corrected chi connectivity index (χ3v) is 3.52. The van der Waals surface area contributed by atoms with Crippen molar-refractivity contribution in [1.82, 2.24) is 4.98 Å². The predicted molar refractivity (Wildman–Crippen MR) is 67.0 cm³/mol. The Bertz CT molecular complexity index is 668. The minimum atomic E-state index is -4.32. The van der Waals surface area contributed by atoms with Crippen molar-refractivity contribution in [3.05, 3.63) is 35.0 Å². The number of rotatable bonds is 0. The highest BCUT2D eigenvalue weighted by molar-refractivity contribution is 6.06. The van der Waals surface area contributed by atoms with E-state index in [1.165, 1.54) is 12.1 Å². The number of benzene rings is 1. The molecule has 1 aliphatic rings. The van der Waals surface area contributed by atoms with Crippen LogP contribution in [0, 0.1) is 0 Å².